The van der Waals surface area contributed by atoms with Crippen LogP contribution in [0.3, 0.4) is 0 Å². The topological polar surface area (TPSA) is 81.3 Å². The Morgan fingerprint density at radius 2 is 2.24 bits per heavy atom. The van der Waals surface area contributed by atoms with Gasteiger partial charge < -0.3 is 15.1 Å². The first-order valence-corrected chi connectivity index (χ1v) is 6.99. The van der Waals surface area contributed by atoms with Crippen molar-refractivity contribution >= 4 is 22.8 Å². The zero-order valence-electron chi connectivity index (χ0n) is 11.4. The Hall–Kier alpha value is -2.57. The summed E-state index contributed by atoms with van der Waals surface area (Å²) in [7, 11) is 0. The lowest BCUT2D eigenvalue weighted by Gasteiger charge is -2.36. The molecule has 21 heavy (non-hydrogen) atoms. The third-order valence-electron chi connectivity index (χ3n) is 4.21. The Balaban J connectivity index is 1.56. The zero-order valence-corrected chi connectivity index (χ0v) is 11.4. The molecule has 108 valence electrons. The molecule has 1 aromatic heterocycles. The fourth-order valence-corrected chi connectivity index (χ4v) is 3.04. The number of carbonyl (C=O) groups is 2. The number of aromatic nitrogens is 2. The van der Waals surface area contributed by atoms with Crippen LogP contribution in [0.25, 0.3) is 10.9 Å². The Kier molecular flexibility index (Phi) is 2.60. The highest BCUT2D eigenvalue weighted by Gasteiger charge is 2.37. The molecule has 2 aliphatic rings. The molecule has 0 bridgehead atoms. The summed E-state index contributed by atoms with van der Waals surface area (Å²) in [5, 5.41) is 10.6. The highest BCUT2D eigenvalue weighted by molar-refractivity contribution is 5.98. The van der Waals surface area contributed by atoms with Crippen molar-refractivity contribution in [1.29, 1.82) is 0 Å². The van der Waals surface area contributed by atoms with Gasteiger partial charge in [0.25, 0.3) is 5.91 Å². The van der Waals surface area contributed by atoms with Gasteiger partial charge in [-0.05, 0) is 12.1 Å². The van der Waals surface area contributed by atoms with Crippen LogP contribution in [0.15, 0.2) is 24.4 Å². The van der Waals surface area contributed by atoms with Crippen molar-refractivity contribution < 1.29 is 9.59 Å². The first-order valence-electron chi connectivity index (χ1n) is 6.99. The van der Waals surface area contributed by atoms with Gasteiger partial charge in [0.15, 0.2) is 0 Å². The van der Waals surface area contributed by atoms with Crippen LogP contribution in [0.1, 0.15) is 10.4 Å². The summed E-state index contributed by atoms with van der Waals surface area (Å²) in [6.07, 6.45) is 1.73. The van der Waals surface area contributed by atoms with E-state index < -0.39 is 0 Å². The van der Waals surface area contributed by atoms with Gasteiger partial charge in [-0.2, -0.15) is 5.10 Å². The molecule has 1 aromatic carbocycles. The van der Waals surface area contributed by atoms with Gasteiger partial charge in [0.2, 0.25) is 0 Å². The Morgan fingerprint density at radius 1 is 1.33 bits per heavy atom. The summed E-state index contributed by atoms with van der Waals surface area (Å²) >= 11 is 0. The van der Waals surface area contributed by atoms with Gasteiger partial charge in [-0.25, -0.2) is 4.79 Å². The van der Waals surface area contributed by atoms with Gasteiger partial charge in [-0.3, -0.25) is 9.89 Å². The second-order valence-electron chi connectivity index (χ2n) is 5.46. The standard InChI is InChI=1S/C14H15N5O2/c20-13(9-1-2-10-6-16-17-12(10)5-9)18-3-4-19-11(8-18)7-15-14(19)21/h1-2,5-6,11H,3-4,7-8H2,(H,15,21)(H,16,17). The molecule has 2 aliphatic heterocycles. The molecule has 4 rings (SSSR count). The summed E-state index contributed by atoms with van der Waals surface area (Å²) in [6.45, 7) is 2.36. The van der Waals surface area contributed by atoms with Crippen LogP contribution in [-0.2, 0) is 0 Å². The van der Waals surface area contributed by atoms with Crippen molar-refractivity contribution in [3.05, 3.63) is 30.0 Å². The van der Waals surface area contributed by atoms with Gasteiger partial charge in [0.1, 0.15) is 0 Å². The number of hydrogen-bond acceptors (Lipinski definition) is 3. The minimum absolute atomic E-state index is 0.00509. The molecule has 1 unspecified atom stereocenters. The molecule has 2 N–H and O–H groups in total. The van der Waals surface area contributed by atoms with E-state index in [4.69, 9.17) is 0 Å². The summed E-state index contributed by atoms with van der Waals surface area (Å²) in [5.41, 5.74) is 1.51. The number of hydrogen-bond donors (Lipinski definition) is 2. The number of rotatable bonds is 1. The van der Waals surface area contributed by atoms with E-state index in [-0.39, 0.29) is 18.0 Å². The minimum Gasteiger partial charge on any atom is -0.336 e. The number of nitrogens with one attached hydrogen (secondary N) is 2. The number of piperazine rings is 1. The summed E-state index contributed by atoms with van der Waals surface area (Å²) in [5.74, 6) is 0.00509. The molecule has 2 saturated heterocycles. The number of urea groups is 1. The van der Waals surface area contributed by atoms with Gasteiger partial charge in [0, 0.05) is 37.1 Å². The molecular formula is C14H15N5O2. The van der Waals surface area contributed by atoms with Crippen LogP contribution in [0.4, 0.5) is 4.79 Å². The van der Waals surface area contributed by atoms with E-state index in [0.717, 1.165) is 10.9 Å². The van der Waals surface area contributed by atoms with E-state index in [9.17, 15) is 9.59 Å². The average Bonchev–Trinajstić information content (AvgIpc) is 3.12. The summed E-state index contributed by atoms with van der Waals surface area (Å²) in [6, 6.07) is 5.61. The van der Waals surface area contributed by atoms with E-state index in [1.807, 2.05) is 28.0 Å². The molecule has 0 saturated carbocycles. The molecule has 2 aromatic rings. The number of fused-ring (bicyclic) bond motifs is 2. The number of carbonyl (C=O) groups excluding carboxylic acids is 2. The molecular weight excluding hydrogens is 270 g/mol. The molecule has 7 heteroatoms. The highest BCUT2D eigenvalue weighted by atomic mass is 16.2. The van der Waals surface area contributed by atoms with Crippen LogP contribution >= 0.6 is 0 Å². The van der Waals surface area contributed by atoms with E-state index in [1.165, 1.54) is 0 Å². The van der Waals surface area contributed by atoms with Gasteiger partial charge >= 0.3 is 6.03 Å². The van der Waals surface area contributed by atoms with E-state index in [1.54, 1.807) is 6.20 Å². The van der Waals surface area contributed by atoms with Crippen LogP contribution in [0, 0.1) is 0 Å². The third kappa shape index (κ3) is 1.93. The fraction of sp³-hybridized carbons (Fsp3) is 0.357. The molecule has 0 aliphatic carbocycles. The summed E-state index contributed by atoms with van der Waals surface area (Å²) in [4.78, 5) is 27.8. The molecule has 0 spiro atoms. The smallest absolute Gasteiger partial charge is 0.317 e. The largest absolute Gasteiger partial charge is 0.336 e. The molecule has 7 nitrogen and oxygen atoms in total. The molecule has 3 heterocycles. The minimum atomic E-state index is -0.0222. The van der Waals surface area contributed by atoms with Gasteiger partial charge in [0.05, 0.1) is 17.8 Å². The van der Waals surface area contributed by atoms with Gasteiger partial charge in [-0.15, -0.1) is 0 Å². The normalized spacial score (nSPS) is 21.5. The van der Waals surface area contributed by atoms with Crippen LogP contribution in [0.5, 0.6) is 0 Å². The number of aromatic amines is 1. The lowest BCUT2D eigenvalue weighted by atomic mass is 10.1. The summed E-state index contributed by atoms with van der Waals surface area (Å²) < 4.78 is 0. The second kappa shape index (κ2) is 4.47. The van der Waals surface area contributed by atoms with Gasteiger partial charge in [-0.1, -0.05) is 6.07 Å². The van der Waals surface area contributed by atoms with Crippen molar-refractivity contribution in [2.45, 2.75) is 6.04 Å². The predicted molar refractivity (Wildman–Crippen MR) is 75.9 cm³/mol. The second-order valence-corrected chi connectivity index (χ2v) is 5.46. The van der Waals surface area contributed by atoms with Crippen LogP contribution in [0.2, 0.25) is 0 Å². The molecule has 0 radical (unpaired) electrons. The maximum Gasteiger partial charge on any atom is 0.317 e. The third-order valence-corrected chi connectivity index (χ3v) is 4.21. The first-order chi connectivity index (χ1) is 10.2. The number of amides is 3. The fourth-order valence-electron chi connectivity index (χ4n) is 3.04. The van der Waals surface area contributed by atoms with E-state index in [2.05, 4.69) is 15.5 Å². The molecule has 1 atom stereocenters. The Morgan fingerprint density at radius 3 is 3.14 bits per heavy atom. The van der Waals surface area contributed by atoms with Crippen LogP contribution < -0.4 is 5.32 Å². The predicted octanol–water partition coefficient (Wildman–Crippen LogP) is 0.412. The lowest BCUT2D eigenvalue weighted by molar-refractivity contribution is 0.0617. The van der Waals surface area contributed by atoms with E-state index >= 15 is 0 Å². The van der Waals surface area contributed by atoms with Crippen molar-refractivity contribution in [3.63, 3.8) is 0 Å². The monoisotopic (exact) mass is 285 g/mol. The molecule has 2 fully saturated rings. The van der Waals surface area contributed by atoms with E-state index in [0.29, 0.717) is 31.7 Å². The van der Waals surface area contributed by atoms with Crippen molar-refractivity contribution in [3.8, 4) is 0 Å². The number of H-pyrrole nitrogens is 1. The van der Waals surface area contributed by atoms with Crippen molar-refractivity contribution in [2.24, 2.45) is 0 Å². The Bertz CT molecular complexity index is 725. The maximum absolute atomic E-state index is 12.6. The Labute approximate surface area is 120 Å². The van der Waals surface area contributed by atoms with Crippen LogP contribution in [-0.4, -0.2) is 64.2 Å². The lowest BCUT2D eigenvalue weighted by Crippen LogP contribution is -2.53. The quantitative estimate of drug-likeness (QED) is 0.796. The SMILES string of the molecule is O=C(c1ccc2cn[nH]c2c1)N1CCN2C(=O)NCC2C1. The zero-order chi connectivity index (χ0) is 14.4. The first kappa shape index (κ1) is 12.2. The highest BCUT2D eigenvalue weighted by Crippen LogP contribution is 2.18. The van der Waals surface area contributed by atoms with Crippen molar-refractivity contribution in [2.75, 3.05) is 26.2 Å². The van der Waals surface area contributed by atoms with Crippen molar-refractivity contribution in [1.82, 2.24) is 25.3 Å². The number of benzene rings is 1. The maximum atomic E-state index is 12.6. The molecule has 3 amide bonds. The number of nitrogens with zero attached hydrogens (tertiary/aromatic N) is 3. The average molecular weight is 285 g/mol.